The van der Waals surface area contributed by atoms with Crippen LogP contribution in [0.2, 0.25) is 0 Å². The van der Waals surface area contributed by atoms with Gasteiger partial charge in [0.1, 0.15) is 0 Å². The van der Waals surface area contributed by atoms with E-state index in [4.69, 9.17) is 5.11 Å². The molecule has 2 N–H and O–H groups in total. The first-order chi connectivity index (χ1) is 11.1. The summed E-state index contributed by atoms with van der Waals surface area (Å²) in [7, 11) is 0. The van der Waals surface area contributed by atoms with Crippen molar-refractivity contribution in [3.8, 4) is 0 Å². The number of aliphatic hydroxyl groups is 1. The number of nitrogens with zero attached hydrogens (tertiary/aromatic N) is 2. The van der Waals surface area contributed by atoms with Crippen molar-refractivity contribution in [1.82, 2.24) is 4.90 Å². The van der Waals surface area contributed by atoms with E-state index in [1.807, 2.05) is 43.0 Å². The predicted molar refractivity (Wildman–Crippen MR) is 90.5 cm³/mol. The lowest BCUT2D eigenvalue weighted by Gasteiger charge is -2.30. The molecule has 0 saturated heterocycles. The maximum Gasteiger partial charge on any atom is 0.241 e. The molecule has 2 amide bonds. The van der Waals surface area contributed by atoms with Crippen molar-refractivity contribution < 1.29 is 14.7 Å². The van der Waals surface area contributed by atoms with Crippen molar-refractivity contribution in [1.29, 1.82) is 0 Å². The third-order valence-corrected chi connectivity index (χ3v) is 3.94. The quantitative estimate of drug-likeness (QED) is 0.832. The van der Waals surface area contributed by atoms with E-state index < -0.39 is 0 Å². The summed E-state index contributed by atoms with van der Waals surface area (Å²) in [6.45, 7) is 5.42. The van der Waals surface area contributed by atoms with Crippen LogP contribution in [0.15, 0.2) is 24.3 Å². The zero-order valence-electron chi connectivity index (χ0n) is 13.8. The molecule has 1 aromatic rings. The molecule has 0 aromatic heterocycles. The van der Waals surface area contributed by atoms with Gasteiger partial charge in [0.05, 0.1) is 24.5 Å². The van der Waals surface area contributed by atoms with E-state index in [1.165, 1.54) is 0 Å². The van der Waals surface area contributed by atoms with Gasteiger partial charge in [-0.25, -0.2) is 0 Å². The molecule has 0 bridgehead atoms. The maximum absolute atomic E-state index is 12.9. The molecule has 6 heteroatoms. The number of hydrogen-bond acceptors (Lipinski definition) is 4. The average molecular weight is 319 g/mol. The normalized spacial score (nSPS) is 17.7. The fourth-order valence-electron chi connectivity index (χ4n) is 2.96. The van der Waals surface area contributed by atoms with Crippen molar-refractivity contribution >= 4 is 23.2 Å². The summed E-state index contributed by atoms with van der Waals surface area (Å²) in [5, 5.41) is 12.0. The summed E-state index contributed by atoms with van der Waals surface area (Å²) in [6.07, 6.45) is 1.19. The van der Waals surface area contributed by atoms with E-state index in [9.17, 15) is 9.59 Å². The molecule has 6 nitrogen and oxygen atoms in total. The van der Waals surface area contributed by atoms with Gasteiger partial charge in [0.25, 0.3) is 0 Å². The molecule has 0 saturated carbocycles. The molecule has 1 aliphatic rings. The largest absolute Gasteiger partial charge is 0.395 e. The fourth-order valence-corrected chi connectivity index (χ4v) is 2.96. The first kappa shape index (κ1) is 17.4. The van der Waals surface area contributed by atoms with E-state index in [1.54, 1.807) is 4.90 Å². The fraction of sp³-hybridized carbons (Fsp3) is 0.529. The molecule has 23 heavy (non-hydrogen) atoms. The molecule has 1 unspecified atom stereocenters. The number of amides is 2. The van der Waals surface area contributed by atoms with Crippen LogP contribution >= 0.6 is 0 Å². The molecule has 1 aromatic carbocycles. The number of fused-ring (bicyclic) bond motifs is 1. The van der Waals surface area contributed by atoms with Gasteiger partial charge in [-0.05, 0) is 32.0 Å². The topological polar surface area (TPSA) is 72.9 Å². The summed E-state index contributed by atoms with van der Waals surface area (Å²) in [5.41, 5.74) is 1.40. The number of benzene rings is 1. The number of carbonyl (C=O) groups is 2. The summed E-state index contributed by atoms with van der Waals surface area (Å²) >= 11 is 0. The van der Waals surface area contributed by atoms with Gasteiger partial charge in [0, 0.05) is 19.0 Å². The first-order valence-corrected chi connectivity index (χ1v) is 8.11. The molecule has 1 heterocycles. The summed E-state index contributed by atoms with van der Waals surface area (Å²) < 4.78 is 0. The zero-order chi connectivity index (χ0) is 16.8. The monoisotopic (exact) mass is 319 g/mol. The Morgan fingerprint density at radius 2 is 2.13 bits per heavy atom. The van der Waals surface area contributed by atoms with Crippen LogP contribution < -0.4 is 10.2 Å². The van der Waals surface area contributed by atoms with Gasteiger partial charge in [-0.3, -0.25) is 14.5 Å². The SMILES string of the molecule is CCCN(CCO)CC(=O)N1c2ccccc2NC(=O)CC1C. The molecule has 0 spiro atoms. The Morgan fingerprint density at radius 3 is 2.83 bits per heavy atom. The van der Waals surface area contributed by atoms with Gasteiger partial charge >= 0.3 is 0 Å². The highest BCUT2D eigenvalue weighted by molar-refractivity contribution is 6.04. The summed E-state index contributed by atoms with van der Waals surface area (Å²) in [4.78, 5) is 28.5. The third kappa shape index (κ3) is 4.30. The Kier molecular flexibility index (Phi) is 6.12. The number of hydrogen-bond donors (Lipinski definition) is 2. The third-order valence-electron chi connectivity index (χ3n) is 3.94. The number of aliphatic hydroxyl groups excluding tert-OH is 1. The van der Waals surface area contributed by atoms with Crippen LogP contribution in [0.1, 0.15) is 26.7 Å². The number of para-hydroxylation sites is 2. The number of carbonyl (C=O) groups excluding carboxylic acids is 2. The van der Waals surface area contributed by atoms with E-state index in [2.05, 4.69) is 5.32 Å². The standard InChI is InChI=1S/C17H25N3O3/c1-3-8-19(9-10-21)12-17(23)20-13(2)11-16(22)18-14-6-4-5-7-15(14)20/h4-7,13,21H,3,8-12H2,1-2H3,(H,18,22). The minimum atomic E-state index is -0.205. The number of anilines is 2. The average Bonchev–Trinajstić information content (AvgIpc) is 2.61. The molecular weight excluding hydrogens is 294 g/mol. The van der Waals surface area contributed by atoms with Crippen LogP contribution in [0.25, 0.3) is 0 Å². The molecule has 1 aliphatic heterocycles. The van der Waals surface area contributed by atoms with Crippen molar-refractivity contribution in [2.75, 3.05) is 36.5 Å². The second kappa shape index (κ2) is 8.08. The van der Waals surface area contributed by atoms with Crippen LogP contribution in [-0.4, -0.2) is 54.1 Å². The Labute approximate surface area is 137 Å². The second-order valence-corrected chi connectivity index (χ2v) is 5.88. The lowest BCUT2D eigenvalue weighted by atomic mass is 10.1. The highest BCUT2D eigenvalue weighted by Gasteiger charge is 2.30. The van der Waals surface area contributed by atoms with E-state index in [0.29, 0.717) is 12.2 Å². The van der Waals surface area contributed by atoms with Gasteiger partial charge < -0.3 is 15.3 Å². The second-order valence-electron chi connectivity index (χ2n) is 5.88. The van der Waals surface area contributed by atoms with Crippen molar-refractivity contribution in [3.63, 3.8) is 0 Å². The predicted octanol–water partition coefficient (Wildman–Crippen LogP) is 1.45. The van der Waals surface area contributed by atoms with Crippen LogP contribution in [0.3, 0.4) is 0 Å². The highest BCUT2D eigenvalue weighted by atomic mass is 16.3. The summed E-state index contributed by atoms with van der Waals surface area (Å²) in [5.74, 6) is -0.135. The van der Waals surface area contributed by atoms with Gasteiger partial charge in [-0.2, -0.15) is 0 Å². The van der Waals surface area contributed by atoms with Crippen LogP contribution in [0.5, 0.6) is 0 Å². The Morgan fingerprint density at radius 1 is 1.39 bits per heavy atom. The minimum Gasteiger partial charge on any atom is -0.395 e. The van der Waals surface area contributed by atoms with Gasteiger partial charge in [-0.1, -0.05) is 19.1 Å². The van der Waals surface area contributed by atoms with Gasteiger partial charge in [0.2, 0.25) is 11.8 Å². The van der Waals surface area contributed by atoms with Crippen LogP contribution in [0, 0.1) is 0 Å². The molecule has 0 radical (unpaired) electrons. The summed E-state index contributed by atoms with van der Waals surface area (Å²) in [6, 6.07) is 7.16. The lowest BCUT2D eigenvalue weighted by Crippen LogP contribution is -2.45. The molecule has 0 fully saturated rings. The minimum absolute atomic E-state index is 0.0272. The van der Waals surface area contributed by atoms with Gasteiger partial charge in [0.15, 0.2) is 0 Å². The number of nitrogens with one attached hydrogen (secondary N) is 1. The molecule has 2 rings (SSSR count). The van der Waals surface area contributed by atoms with Crippen LogP contribution in [-0.2, 0) is 9.59 Å². The number of rotatable bonds is 6. The smallest absolute Gasteiger partial charge is 0.241 e. The zero-order valence-corrected chi connectivity index (χ0v) is 13.8. The molecule has 0 aliphatic carbocycles. The van der Waals surface area contributed by atoms with E-state index in [-0.39, 0.29) is 37.4 Å². The first-order valence-electron chi connectivity index (χ1n) is 8.11. The Bertz CT molecular complexity index is 556. The van der Waals surface area contributed by atoms with Crippen molar-refractivity contribution in [2.45, 2.75) is 32.7 Å². The van der Waals surface area contributed by atoms with Gasteiger partial charge in [-0.15, -0.1) is 0 Å². The molecule has 126 valence electrons. The molecular formula is C17H25N3O3. The maximum atomic E-state index is 12.9. The highest BCUT2D eigenvalue weighted by Crippen LogP contribution is 2.31. The van der Waals surface area contributed by atoms with Crippen molar-refractivity contribution in [2.24, 2.45) is 0 Å². The van der Waals surface area contributed by atoms with Crippen molar-refractivity contribution in [3.05, 3.63) is 24.3 Å². The van der Waals surface area contributed by atoms with Crippen LogP contribution in [0.4, 0.5) is 11.4 Å². The Balaban J connectivity index is 2.25. The Hall–Kier alpha value is -1.92. The van der Waals surface area contributed by atoms with E-state index >= 15 is 0 Å². The molecule has 1 atom stereocenters. The van der Waals surface area contributed by atoms with E-state index in [0.717, 1.165) is 18.7 Å². The lowest BCUT2D eigenvalue weighted by molar-refractivity contribution is -0.120.